The van der Waals surface area contributed by atoms with Crippen LogP contribution in [0.2, 0.25) is 19.1 Å². The SMILES string of the molecule is CCCCCCCCCC[Si](C)(C)OCC. The molecule has 0 aliphatic heterocycles. The Balaban J connectivity index is 3.20. The van der Waals surface area contributed by atoms with Crippen molar-refractivity contribution in [2.24, 2.45) is 0 Å². The second kappa shape index (κ2) is 10.3. The van der Waals surface area contributed by atoms with E-state index in [4.69, 9.17) is 4.43 Å². The van der Waals surface area contributed by atoms with Crippen LogP contribution in [0.25, 0.3) is 0 Å². The van der Waals surface area contributed by atoms with Crippen molar-refractivity contribution < 1.29 is 4.43 Å². The van der Waals surface area contributed by atoms with Gasteiger partial charge in [0.15, 0.2) is 8.32 Å². The van der Waals surface area contributed by atoms with Gasteiger partial charge in [-0.2, -0.15) is 0 Å². The standard InChI is InChI=1S/C14H32OSi/c1-5-7-8-9-10-11-12-13-14-16(3,4)15-6-2/h5-14H2,1-4H3. The van der Waals surface area contributed by atoms with E-state index < -0.39 is 8.32 Å². The van der Waals surface area contributed by atoms with Gasteiger partial charge in [0, 0.05) is 6.61 Å². The average molecular weight is 244 g/mol. The zero-order chi connectivity index (χ0) is 12.3. The fraction of sp³-hybridized carbons (Fsp3) is 1.00. The quantitative estimate of drug-likeness (QED) is 0.351. The van der Waals surface area contributed by atoms with Gasteiger partial charge in [-0.05, 0) is 26.1 Å². The number of unbranched alkanes of at least 4 members (excludes halogenated alkanes) is 7. The van der Waals surface area contributed by atoms with Crippen LogP contribution in [-0.4, -0.2) is 14.9 Å². The van der Waals surface area contributed by atoms with Crippen LogP contribution in [0.4, 0.5) is 0 Å². The molecule has 0 unspecified atom stereocenters. The van der Waals surface area contributed by atoms with Crippen molar-refractivity contribution in [1.82, 2.24) is 0 Å². The second-order valence-corrected chi connectivity index (χ2v) is 9.73. The molecule has 0 saturated heterocycles. The number of hydrogen-bond donors (Lipinski definition) is 0. The molecule has 0 aromatic rings. The Kier molecular flexibility index (Phi) is 10.5. The lowest BCUT2D eigenvalue weighted by molar-refractivity contribution is 0.327. The molecule has 0 bridgehead atoms. The first-order valence-corrected chi connectivity index (χ1v) is 10.4. The maximum Gasteiger partial charge on any atom is 0.186 e. The Morgan fingerprint density at radius 2 is 1.25 bits per heavy atom. The second-order valence-electron chi connectivity index (χ2n) is 5.42. The molecule has 2 heteroatoms. The highest BCUT2D eigenvalue weighted by Crippen LogP contribution is 2.17. The van der Waals surface area contributed by atoms with Crippen molar-refractivity contribution in [1.29, 1.82) is 0 Å². The van der Waals surface area contributed by atoms with Gasteiger partial charge in [-0.15, -0.1) is 0 Å². The van der Waals surface area contributed by atoms with Crippen molar-refractivity contribution in [3.8, 4) is 0 Å². The summed E-state index contributed by atoms with van der Waals surface area (Å²) in [5, 5.41) is 0. The molecule has 0 atom stereocenters. The van der Waals surface area contributed by atoms with Crippen LogP contribution < -0.4 is 0 Å². The molecule has 0 aromatic heterocycles. The molecule has 0 aromatic carbocycles. The largest absolute Gasteiger partial charge is 0.418 e. The summed E-state index contributed by atoms with van der Waals surface area (Å²) in [5.74, 6) is 0. The van der Waals surface area contributed by atoms with Crippen LogP contribution in [0.5, 0.6) is 0 Å². The van der Waals surface area contributed by atoms with E-state index in [2.05, 4.69) is 26.9 Å². The van der Waals surface area contributed by atoms with Crippen molar-refractivity contribution in [2.75, 3.05) is 6.61 Å². The van der Waals surface area contributed by atoms with Crippen LogP contribution >= 0.6 is 0 Å². The first-order chi connectivity index (χ1) is 7.62. The molecular weight excluding hydrogens is 212 g/mol. The normalized spacial score (nSPS) is 12.0. The van der Waals surface area contributed by atoms with Crippen molar-refractivity contribution in [3.63, 3.8) is 0 Å². The topological polar surface area (TPSA) is 9.23 Å². The van der Waals surface area contributed by atoms with Crippen LogP contribution in [0, 0.1) is 0 Å². The molecule has 0 heterocycles. The van der Waals surface area contributed by atoms with Crippen LogP contribution in [0.1, 0.15) is 65.2 Å². The summed E-state index contributed by atoms with van der Waals surface area (Å²) in [5.41, 5.74) is 0. The molecule has 0 amide bonds. The smallest absolute Gasteiger partial charge is 0.186 e. The Labute approximate surface area is 104 Å². The number of rotatable bonds is 11. The molecular formula is C14H32OSi. The maximum absolute atomic E-state index is 5.83. The van der Waals surface area contributed by atoms with Crippen molar-refractivity contribution >= 4 is 8.32 Å². The summed E-state index contributed by atoms with van der Waals surface area (Å²) in [6.45, 7) is 9.98. The third-order valence-corrected chi connectivity index (χ3v) is 5.80. The van der Waals surface area contributed by atoms with E-state index in [-0.39, 0.29) is 0 Å². The molecule has 1 nitrogen and oxygen atoms in total. The average Bonchev–Trinajstić information content (AvgIpc) is 2.22. The van der Waals surface area contributed by atoms with E-state index in [0.29, 0.717) is 0 Å². The summed E-state index contributed by atoms with van der Waals surface area (Å²) in [7, 11) is -1.28. The van der Waals surface area contributed by atoms with E-state index in [1.807, 2.05) is 0 Å². The van der Waals surface area contributed by atoms with E-state index >= 15 is 0 Å². The molecule has 0 fully saturated rings. The van der Waals surface area contributed by atoms with Gasteiger partial charge in [0.05, 0.1) is 0 Å². The fourth-order valence-electron chi connectivity index (χ4n) is 2.15. The minimum atomic E-state index is -1.28. The monoisotopic (exact) mass is 244 g/mol. The van der Waals surface area contributed by atoms with E-state index in [0.717, 1.165) is 6.61 Å². The predicted octanol–water partition coefficient (Wildman–Crippen LogP) is 5.37. The van der Waals surface area contributed by atoms with Gasteiger partial charge in [0.2, 0.25) is 0 Å². The Hall–Kier alpha value is 0.177. The summed E-state index contributed by atoms with van der Waals surface area (Å²) in [6, 6.07) is 1.34. The lowest BCUT2D eigenvalue weighted by atomic mass is 10.1. The first-order valence-electron chi connectivity index (χ1n) is 7.26. The molecule has 16 heavy (non-hydrogen) atoms. The Bertz CT molecular complexity index is 146. The highest BCUT2D eigenvalue weighted by molar-refractivity contribution is 6.71. The molecule has 0 aliphatic carbocycles. The third-order valence-electron chi connectivity index (χ3n) is 3.17. The van der Waals surface area contributed by atoms with E-state index in [1.165, 1.54) is 57.4 Å². The predicted molar refractivity (Wildman–Crippen MR) is 76.5 cm³/mol. The Morgan fingerprint density at radius 1 is 0.750 bits per heavy atom. The van der Waals surface area contributed by atoms with Gasteiger partial charge in [-0.3, -0.25) is 0 Å². The molecule has 0 N–H and O–H groups in total. The van der Waals surface area contributed by atoms with E-state index in [9.17, 15) is 0 Å². The van der Waals surface area contributed by atoms with Gasteiger partial charge in [0.1, 0.15) is 0 Å². The molecule has 0 spiro atoms. The molecule has 0 radical (unpaired) electrons. The Morgan fingerprint density at radius 3 is 1.75 bits per heavy atom. The number of hydrogen-bond acceptors (Lipinski definition) is 1. The zero-order valence-corrected chi connectivity index (χ0v) is 13.0. The molecule has 98 valence electrons. The lowest BCUT2D eigenvalue weighted by Crippen LogP contribution is -2.29. The van der Waals surface area contributed by atoms with Gasteiger partial charge < -0.3 is 4.43 Å². The highest BCUT2D eigenvalue weighted by atomic mass is 28.4. The van der Waals surface area contributed by atoms with Crippen LogP contribution in [0.3, 0.4) is 0 Å². The summed E-state index contributed by atoms with van der Waals surface area (Å²) >= 11 is 0. The lowest BCUT2D eigenvalue weighted by Gasteiger charge is -2.21. The zero-order valence-electron chi connectivity index (χ0n) is 12.0. The third kappa shape index (κ3) is 10.7. The van der Waals surface area contributed by atoms with E-state index in [1.54, 1.807) is 0 Å². The summed E-state index contributed by atoms with van der Waals surface area (Å²) in [4.78, 5) is 0. The first kappa shape index (κ1) is 16.2. The van der Waals surface area contributed by atoms with Gasteiger partial charge in [-0.25, -0.2) is 0 Å². The van der Waals surface area contributed by atoms with Gasteiger partial charge in [-0.1, -0.05) is 58.3 Å². The molecule has 0 saturated carbocycles. The molecule has 0 aliphatic rings. The van der Waals surface area contributed by atoms with Gasteiger partial charge >= 0.3 is 0 Å². The van der Waals surface area contributed by atoms with Crippen LogP contribution in [0.15, 0.2) is 0 Å². The van der Waals surface area contributed by atoms with Gasteiger partial charge in [0.25, 0.3) is 0 Å². The van der Waals surface area contributed by atoms with Crippen molar-refractivity contribution in [3.05, 3.63) is 0 Å². The van der Waals surface area contributed by atoms with Crippen molar-refractivity contribution in [2.45, 2.75) is 84.4 Å². The summed E-state index contributed by atoms with van der Waals surface area (Å²) in [6.07, 6.45) is 11.3. The van der Waals surface area contributed by atoms with Crippen LogP contribution in [-0.2, 0) is 4.43 Å². The molecule has 0 rings (SSSR count). The fourth-order valence-corrected chi connectivity index (χ4v) is 4.17. The maximum atomic E-state index is 5.83. The summed E-state index contributed by atoms with van der Waals surface area (Å²) < 4.78 is 5.83. The minimum absolute atomic E-state index is 0.899. The highest BCUT2D eigenvalue weighted by Gasteiger charge is 2.20. The minimum Gasteiger partial charge on any atom is -0.418 e.